The van der Waals surface area contributed by atoms with Gasteiger partial charge >= 0.3 is 5.97 Å². The van der Waals surface area contributed by atoms with Gasteiger partial charge in [-0.1, -0.05) is 6.08 Å². The molecule has 0 bridgehead atoms. The van der Waals surface area contributed by atoms with E-state index in [1.54, 1.807) is 17.9 Å². The van der Waals surface area contributed by atoms with Crippen molar-refractivity contribution in [3.05, 3.63) is 12.7 Å². The number of nitrogens with zero attached hydrogens (tertiary/aromatic N) is 2. The molecule has 8 heteroatoms. The molecule has 3 unspecified atom stereocenters. The number of rotatable bonds is 7. The van der Waals surface area contributed by atoms with Crippen LogP contribution >= 0.6 is 0 Å². The van der Waals surface area contributed by atoms with E-state index in [2.05, 4.69) is 6.58 Å². The normalized spacial score (nSPS) is 24.5. The molecule has 2 heterocycles. The van der Waals surface area contributed by atoms with Crippen LogP contribution in [0.5, 0.6) is 0 Å². The molecule has 2 aliphatic heterocycles. The van der Waals surface area contributed by atoms with Crippen LogP contribution in [0, 0.1) is 5.92 Å². The smallest absolute Gasteiger partial charge is 0.335 e. The molecule has 8 nitrogen and oxygen atoms in total. The van der Waals surface area contributed by atoms with Gasteiger partial charge in [-0.3, -0.25) is 9.59 Å². The van der Waals surface area contributed by atoms with Gasteiger partial charge in [0.2, 0.25) is 5.91 Å². The molecular formula is C20H32N2O6. The fourth-order valence-electron chi connectivity index (χ4n) is 3.61. The molecule has 0 N–H and O–H groups in total. The van der Waals surface area contributed by atoms with Crippen molar-refractivity contribution in [3.8, 4) is 0 Å². The summed E-state index contributed by atoms with van der Waals surface area (Å²) < 4.78 is 15.9. The first kappa shape index (κ1) is 22.4. The van der Waals surface area contributed by atoms with Gasteiger partial charge in [0.15, 0.2) is 12.7 Å². The van der Waals surface area contributed by atoms with E-state index in [-0.39, 0.29) is 43.2 Å². The number of piperidine rings is 1. The van der Waals surface area contributed by atoms with Gasteiger partial charge in [0.25, 0.3) is 5.91 Å². The summed E-state index contributed by atoms with van der Waals surface area (Å²) >= 11 is 0. The third-order valence-corrected chi connectivity index (χ3v) is 5.06. The number of esters is 1. The Morgan fingerprint density at radius 2 is 1.75 bits per heavy atom. The van der Waals surface area contributed by atoms with Crippen LogP contribution in [-0.2, 0) is 28.6 Å². The van der Waals surface area contributed by atoms with Gasteiger partial charge in [0.1, 0.15) is 0 Å². The highest BCUT2D eigenvalue weighted by Gasteiger charge is 2.33. The highest BCUT2D eigenvalue weighted by molar-refractivity contribution is 5.83. The van der Waals surface area contributed by atoms with Gasteiger partial charge in [0.05, 0.1) is 18.8 Å². The number of hydrogen-bond donors (Lipinski definition) is 0. The maximum atomic E-state index is 12.8. The monoisotopic (exact) mass is 396 g/mol. The second kappa shape index (κ2) is 10.6. The molecule has 0 spiro atoms. The van der Waals surface area contributed by atoms with E-state index in [0.717, 1.165) is 0 Å². The topological polar surface area (TPSA) is 85.4 Å². The van der Waals surface area contributed by atoms with E-state index in [1.807, 2.05) is 18.7 Å². The Hall–Kier alpha value is -1.93. The van der Waals surface area contributed by atoms with Crippen LogP contribution < -0.4 is 0 Å². The maximum absolute atomic E-state index is 12.8. The Balaban J connectivity index is 1.73. The molecule has 0 aromatic carbocycles. The van der Waals surface area contributed by atoms with Crippen molar-refractivity contribution < 1.29 is 28.6 Å². The molecule has 0 saturated carbocycles. The third-order valence-electron chi connectivity index (χ3n) is 5.06. The molecule has 0 aromatic heterocycles. The summed E-state index contributed by atoms with van der Waals surface area (Å²) in [5.74, 6) is -0.746. The molecule has 0 aliphatic carbocycles. The highest BCUT2D eigenvalue weighted by atomic mass is 16.6. The van der Waals surface area contributed by atoms with Crippen molar-refractivity contribution in [2.75, 3.05) is 39.4 Å². The average Bonchev–Trinajstić information content (AvgIpc) is 2.68. The number of carbonyl (C=O) groups excluding carboxylic acids is 3. The number of amides is 2. The van der Waals surface area contributed by atoms with E-state index < -0.39 is 12.1 Å². The zero-order valence-corrected chi connectivity index (χ0v) is 17.1. The summed E-state index contributed by atoms with van der Waals surface area (Å²) in [6.45, 7) is 11.2. The first-order valence-corrected chi connectivity index (χ1v) is 9.93. The second-order valence-corrected chi connectivity index (χ2v) is 7.53. The minimum absolute atomic E-state index is 0.0434. The number of morpholine rings is 1. The van der Waals surface area contributed by atoms with Crippen LogP contribution in [0.4, 0.5) is 0 Å². The molecular weight excluding hydrogens is 364 g/mol. The summed E-state index contributed by atoms with van der Waals surface area (Å²) in [5, 5.41) is 0. The lowest BCUT2D eigenvalue weighted by Gasteiger charge is -2.39. The summed E-state index contributed by atoms with van der Waals surface area (Å²) in [6.07, 6.45) is 2.13. The van der Waals surface area contributed by atoms with Crippen molar-refractivity contribution in [2.45, 2.75) is 51.9 Å². The van der Waals surface area contributed by atoms with Crippen molar-refractivity contribution in [1.82, 2.24) is 9.80 Å². The van der Waals surface area contributed by atoms with Crippen LogP contribution in [-0.4, -0.2) is 85.3 Å². The van der Waals surface area contributed by atoms with E-state index in [4.69, 9.17) is 14.2 Å². The quantitative estimate of drug-likeness (QED) is 0.471. The summed E-state index contributed by atoms with van der Waals surface area (Å²) in [5.41, 5.74) is 0. The number of ether oxygens (including phenoxy) is 3. The van der Waals surface area contributed by atoms with E-state index in [0.29, 0.717) is 39.0 Å². The highest BCUT2D eigenvalue weighted by Crippen LogP contribution is 2.22. The second-order valence-electron chi connectivity index (χ2n) is 7.53. The molecule has 2 fully saturated rings. The number of hydrogen-bond acceptors (Lipinski definition) is 6. The van der Waals surface area contributed by atoms with Crippen molar-refractivity contribution in [3.63, 3.8) is 0 Å². The first-order valence-electron chi connectivity index (χ1n) is 9.93. The van der Waals surface area contributed by atoms with Gasteiger partial charge < -0.3 is 24.0 Å². The fraction of sp³-hybridized carbons (Fsp3) is 0.750. The predicted molar refractivity (Wildman–Crippen MR) is 102 cm³/mol. The molecule has 0 radical (unpaired) electrons. The van der Waals surface area contributed by atoms with Crippen LogP contribution in [0.2, 0.25) is 0 Å². The van der Waals surface area contributed by atoms with Gasteiger partial charge in [-0.05, 0) is 33.6 Å². The Bertz CT molecular complexity index is 563. The van der Waals surface area contributed by atoms with Gasteiger partial charge in [-0.2, -0.15) is 0 Å². The fourth-order valence-corrected chi connectivity index (χ4v) is 3.61. The molecule has 2 rings (SSSR count). The zero-order chi connectivity index (χ0) is 20.7. The summed E-state index contributed by atoms with van der Waals surface area (Å²) in [4.78, 5) is 40.4. The Morgan fingerprint density at radius 3 is 2.32 bits per heavy atom. The van der Waals surface area contributed by atoms with Crippen LogP contribution in [0.25, 0.3) is 0 Å². The maximum Gasteiger partial charge on any atom is 0.335 e. The van der Waals surface area contributed by atoms with E-state index in [1.165, 1.54) is 0 Å². The standard InChI is InChI=1S/C20H32N2O6/c1-5-10-26-16(4)20(25)27-13-18(23)21-8-6-17(7-9-21)19(24)22-11-14(2)28-15(3)12-22/h5,14-17H,1,6-13H2,2-4H3. The first-order chi connectivity index (χ1) is 13.3. The van der Waals surface area contributed by atoms with Crippen LogP contribution in [0.3, 0.4) is 0 Å². The van der Waals surface area contributed by atoms with Crippen molar-refractivity contribution in [1.29, 1.82) is 0 Å². The Kier molecular flexibility index (Phi) is 8.44. The van der Waals surface area contributed by atoms with Gasteiger partial charge in [-0.25, -0.2) is 4.79 Å². The predicted octanol–water partition coefficient (Wildman–Crippen LogP) is 0.995. The molecule has 158 valence electrons. The molecule has 2 aliphatic rings. The Morgan fingerprint density at radius 1 is 1.14 bits per heavy atom. The number of likely N-dealkylation sites (tertiary alicyclic amines) is 1. The lowest BCUT2D eigenvalue weighted by Crippen LogP contribution is -2.52. The van der Waals surface area contributed by atoms with Gasteiger partial charge in [0, 0.05) is 32.1 Å². The number of carbonyl (C=O) groups is 3. The lowest BCUT2D eigenvalue weighted by molar-refractivity contribution is -0.161. The van der Waals surface area contributed by atoms with Gasteiger partial charge in [-0.15, -0.1) is 6.58 Å². The molecule has 0 aromatic rings. The SMILES string of the molecule is C=CCOC(C)C(=O)OCC(=O)N1CCC(C(=O)N2CC(C)OC(C)C2)CC1. The van der Waals surface area contributed by atoms with Crippen molar-refractivity contribution in [2.24, 2.45) is 5.92 Å². The Labute approximate surface area is 166 Å². The third kappa shape index (κ3) is 6.31. The van der Waals surface area contributed by atoms with Crippen LogP contribution in [0.15, 0.2) is 12.7 Å². The van der Waals surface area contributed by atoms with Crippen LogP contribution in [0.1, 0.15) is 33.6 Å². The summed E-state index contributed by atoms with van der Waals surface area (Å²) in [7, 11) is 0. The molecule has 28 heavy (non-hydrogen) atoms. The molecule has 2 saturated heterocycles. The van der Waals surface area contributed by atoms with Crippen molar-refractivity contribution >= 4 is 17.8 Å². The van der Waals surface area contributed by atoms with E-state index >= 15 is 0 Å². The minimum Gasteiger partial charge on any atom is -0.454 e. The summed E-state index contributed by atoms with van der Waals surface area (Å²) in [6, 6.07) is 0. The van der Waals surface area contributed by atoms with E-state index in [9.17, 15) is 14.4 Å². The minimum atomic E-state index is -0.743. The molecule has 2 amide bonds. The average molecular weight is 396 g/mol. The largest absolute Gasteiger partial charge is 0.454 e. The molecule has 3 atom stereocenters. The zero-order valence-electron chi connectivity index (χ0n) is 17.1. The lowest BCUT2D eigenvalue weighted by atomic mass is 9.94.